The van der Waals surface area contributed by atoms with E-state index in [1.807, 2.05) is 12.1 Å². The first-order valence-corrected chi connectivity index (χ1v) is 5.31. The van der Waals surface area contributed by atoms with E-state index in [4.69, 9.17) is 21.3 Å². The number of benzene rings is 1. The normalized spacial score (nSPS) is 10.3. The molecule has 0 heterocycles. The molecule has 0 aromatic heterocycles. The van der Waals surface area contributed by atoms with E-state index in [9.17, 15) is 0 Å². The molecule has 0 radical (unpaired) electrons. The van der Waals surface area contributed by atoms with Gasteiger partial charge in [0.1, 0.15) is 0 Å². The number of hydrogen-bond donors (Lipinski definition) is 4. The summed E-state index contributed by atoms with van der Waals surface area (Å²) in [7, 11) is 0. The van der Waals surface area contributed by atoms with E-state index in [-0.39, 0.29) is 6.61 Å². The molecular weight excluding hydrogens is 206 g/mol. The third-order valence-electron chi connectivity index (χ3n) is 2.12. The largest absolute Gasteiger partial charge is 0.397 e. The lowest BCUT2D eigenvalue weighted by Crippen LogP contribution is -2.08. The molecule has 6 N–H and O–H groups in total. The fourth-order valence-electron chi connectivity index (χ4n) is 1.26. The molecule has 1 rings (SSSR count). The molecule has 90 valence electrons. The van der Waals surface area contributed by atoms with Gasteiger partial charge in [0.15, 0.2) is 0 Å². The van der Waals surface area contributed by atoms with E-state index in [2.05, 4.69) is 5.32 Å². The summed E-state index contributed by atoms with van der Waals surface area (Å²) in [4.78, 5) is 0. The second kappa shape index (κ2) is 6.92. The molecule has 5 nitrogen and oxygen atoms in total. The van der Waals surface area contributed by atoms with Crippen LogP contribution in [0.3, 0.4) is 0 Å². The summed E-state index contributed by atoms with van der Waals surface area (Å²) in [6.45, 7) is 1.91. The van der Waals surface area contributed by atoms with Crippen LogP contribution < -0.4 is 16.8 Å². The van der Waals surface area contributed by atoms with E-state index in [0.29, 0.717) is 24.6 Å². The van der Waals surface area contributed by atoms with E-state index in [0.717, 1.165) is 18.7 Å². The van der Waals surface area contributed by atoms with E-state index < -0.39 is 0 Å². The molecule has 1 aromatic rings. The zero-order valence-corrected chi connectivity index (χ0v) is 9.28. The Morgan fingerprint density at radius 1 is 1.19 bits per heavy atom. The number of aliphatic hydroxyl groups excluding tert-OH is 1. The van der Waals surface area contributed by atoms with Gasteiger partial charge < -0.3 is 26.6 Å². The van der Waals surface area contributed by atoms with Gasteiger partial charge in [-0.05, 0) is 24.6 Å². The Bertz CT molecular complexity index is 318. The van der Waals surface area contributed by atoms with Crippen molar-refractivity contribution >= 4 is 17.1 Å². The second-order valence-corrected chi connectivity index (χ2v) is 3.46. The van der Waals surface area contributed by atoms with Gasteiger partial charge in [0, 0.05) is 18.8 Å². The number of ether oxygens (including phenoxy) is 1. The number of nitrogens with two attached hydrogens (primary N) is 2. The maximum Gasteiger partial charge on any atom is 0.0697 e. The summed E-state index contributed by atoms with van der Waals surface area (Å²) in [5.41, 5.74) is 13.4. The number of aliphatic hydroxyl groups is 1. The summed E-state index contributed by atoms with van der Waals surface area (Å²) in [5.74, 6) is 0. The monoisotopic (exact) mass is 225 g/mol. The number of anilines is 3. The van der Waals surface area contributed by atoms with Crippen molar-refractivity contribution in [2.75, 3.05) is 43.1 Å². The van der Waals surface area contributed by atoms with Gasteiger partial charge in [0.05, 0.1) is 24.6 Å². The van der Waals surface area contributed by atoms with E-state index in [1.54, 1.807) is 6.07 Å². The maximum atomic E-state index is 8.49. The van der Waals surface area contributed by atoms with Gasteiger partial charge in [-0.1, -0.05) is 0 Å². The smallest absolute Gasteiger partial charge is 0.0697 e. The Balaban J connectivity index is 2.19. The minimum absolute atomic E-state index is 0.0714. The highest BCUT2D eigenvalue weighted by atomic mass is 16.5. The summed E-state index contributed by atoms with van der Waals surface area (Å²) in [6, 6.07) is 5.48. The molecule has 0 unspecified atom stereocenters. The first-order valence-electron chi connectivity index (χ1n) is 5.31. The summed E-state index contributed by atoms with van der Waals surface area (Å²) in [5, 5.41) is 11.7. The topological polar surface area (TPSA) is 93.5 Å². The SMILES string of the molecule is Nc1ccc(NCCCOCCO)cc1N. The lowest BCUT2D eigenvalue weighted by molar-refractivity contribution is 0.0922. The van der Waals surface area contributed by atoms with Gasteiger partial charge in [-0.2, -0.15) is 0 Å². The summed E-state index contributed by atoms with van der Waals surface area (Å²) < 4.78 is 5.13. The Labute approximate surface area is 95.4 Å². The van der Waals surface area contributed by atoms with Gasteiger partial charge in [-0.25, -0.2) is 0 Å². The fourth-order valence-corrected chi connectivity index (χ4v) is 1.26. The maximum absolute atomic E-state index is 8.49. The predicted molar refractivity (Wildman–Crippen MR) is 66.3 cm³/mol. The molecule has 0 atom stereocenters. The van der Waals surface area contributed by atoms with Crippen molar-refractivity contribution in [2.24, 2.45) is 0 Å². The summed E-state index contributed by atoms with van der Waals surface area (Å²) >= 11 is 0. The highest BCUT2D eigenvalue weighted by Gasteiger charge is 1.96. The fraction of sp³-hybridized carbons (Fsp3) is 0.455. The molecule has 0 saturated carbocycles. The van der Waals surface area contributed by atoms with E-state index >= 15 is 0 Å². The molecule has 0 bridgehead atoms. The van der Waals surface area contributed by atoms with Crippen molar-refractivity contribution < 1.29 is 9.84 Å². The molecule has 0 aliphatic carbocycles. The number of rotatable bonds is 7. The van der Waals surface area contributed by atoms with E-state index in [1.165, 1.54) is 0 Å². The number of nitrogens with one attached hydrogen (secondary N) is 1. The quantitative estimate of drug-likeness (QED) is 0.404. The second-order valence-electron chi connectivity index (χ2n) is 3.46. The van der Waals surface area contributed by atoms with Crippen LogP contribution in [0.2, 0.25) is 0 Å². The van der Waals surface area contributed by atoms with Gasteiger partial charge in [-0.15, -0.1) is 0 Å². The molecule has 5 heteroatoms. The van der Waals surface area contributed by atoms with Crippen LogP contribution in [-0.2, 0) is 4.74 Å². The summed E-state index contributed by atoms with van der Waals surface area (Å²) in [6.07, 6.45) is 0.879. The molecule has 0 fully saturated rings. The Hall–Kier alpha value is -1.46. The first kappa shape index (κ1) is 12.6. The van der Waals surface area contributed by atoms with Crippen LogP contribution in [0.4, 0.5) is 17.1 Å². The van der Waals surface area contributed by atoms with Gasteiger partial charge in [0.25, 0.3) is 0 Å². The first-order chi connectivity index (χ1) is 7.74. The van der Waals surface area contributed by atoms with Crippen molar-refractivity contribution in [3.05, 3.63) is 18.2 Å². The van der Waals surface area contributed by atoms with Crippen molar-refractivity contribution in [3.8, 4) is 0 Å². The lowest BCUT2D eigenvalue weighted by atomic mass is 10.2. The Morgan fingerprint density at radius 2 is 2.00 bits per heavy atom. The average Bonchev–Trinajstić information content (AvgIpc) is 2.28. The molecule has 0 aliphatic rings. The van der Waals surface area contributed by atoms with Crippen LogP contribution in [0.25, 0.3) is 0 Å². The van der Waals surface area contributed by atoms with Crippen molar-refractivity contribution in [1.82, 2.24) is 0 Å². The molecule has 0 spiro atoms. The molecular formula is C11H19N3O2. The van der Waals surface area contributed by atoms with Gasteiger partial charge >= 0.3 is 0 Å². The number of nitrogen functional groups attached to an aromatic ring is 2. The Morgan fingerprint density at radius 3 is 2.69 bits per heavy atom. The minimum atomic E-state index is 0.0714. The average molecular weight is 225 g/mol. The molecule has 0 aliphatic heterocycles. The van der Waals surface area contributed by atoms with Crippen LogP contribution in [0.1, 0.15) is 6.42 Å². The van der Waals surface area contributed by atoms with Gasteiger partial charge in [0.2, 0.25) is 0 Å². The lowest BCUT2D eigenvalue weighted by Gasteiger charge is -2.08. The highest BCUT2D eigenvalue weighted by molar-refractivity contribution is 5.69. The van der Waals surface area contributed by atoms with Gasteiger partial charge in [-0.3, -0.25) is 0 Å². The van der Waals surface area contributed by atoms with Crippen molar-refractivity contribution in [1.29, 1.82) is 0 Å². The highest BCUT2D eigenvalue weighted by Crippen LogP contribution is 2.19. The minimum Gasteiger partial charge on any atom is -0.397 e. The van der Waals surface area contributed by atoms with Crippen molar-refractivity contribution in [2.45, 2.75) is 6.42 Å². The third-order valence-corrected chi connectivity index (χ3v) is 2.12. The van der Waals surface area contributed by atoms with Crippen LogP contribution in [-0.4, -0.2) is 31.5 Å². The molecule has 1 aromatic carbocycles. The Kier molecular flexibility index (Phi) is 5.45. The van der Waals surface area contributed by atoms with Crippen LogP contribution in [0, 0.1) is 0 Å². The zero-order valence-electron chi connectivity index (χ0n) is 9.28. The van der Waals surface area contributed by atoms with Crippen LogP contribution in [0.5, 0.6) is 0 Å². The molecule has 0 amide bonds. The standard InChI is InChI=1S/C11H19N3O2/c12-10-3-2-9(8-11(10)13)14-4-1-6-16-7-5-15/h2-3,8,14-15H,1,4-7,12-13H2. The third kappa shape index (κ3) is 4.37. The number of hydrogen-bond acceptors (Lipinski definition) is 5. The molecule has 16 heavy (non-hydrogen) atoms. The zero-order chi connectivity index (χ0) is 11.8. The molecule has 0 saturated heterocycles. The van der Waals surface area contributed by atoms with Crippen LogP contribution >= 0.6 is 0 Å². The predicted octanol–water partition coefficient (Wildman–Crippen LogP) is 0.662. The van der Waals surface area contributed by atoms with Crippen molar-refractivity contribution in [3.63, 3.8) is 0 Å². The van der Waals surface area contributed by atoms with Crippen LogP contribution in [0.15, 0.2) is 18.2 Å².